The van der Waals surface area contributed by atoms with Crippen molar-refractivity contribution in [3.63, 3.8) is 0 Å². The average molecular weight is 263 g/mol. The molecule has 4 heteroatoms. The van der Waals surface area contributed by atoms with Crippen molar-refractivity contribution >= 4 is 5.97 Å². The van der Waals surface area contributed by atoms with Crippen molar-refractivity contribution in [1.82, 2.24) is 5.32 Å². The fourth-order valence-electron chi connectivity index (χ4n) is 2.75. The van der Waals surface area contributed by atoms with Crippen LogP contribution in [0, 0.1) is 0 Å². The highest BCUT2D eigenvalue weighted by Crippen LogP contribution is 2.34. The number of nitrogens with one attached hydrogen (secondary N) is 1. The Hall–Kier alpha value is -1.55. The minimum absolute atomic E-state index is 0.194. The van der Waals surface area contributed by atoms with Gasteiger partial charge < -0.3 is 14.8 Å². The molecule has 1 saturated heterocycles. The summed E-state index contributed by atoms with van der Waals surface area (Å²) in [7, 11) is 3.10. The van der Waals surface area contributed by atoms with E-state index in [0.29, 0.717) is 5.92 Å². The van der Waals surface area contributed by atoms with E-state index in [1.54, 1.807) is 7.11 Å². The van der Waals surface area contributed by atoms with E-state index in [1.807, 2.05) is 25.1 Å². The van der Waals surface area contributed by atoms with Gasteiger partial charge in [-0.25, -0.2) is 0 Å². The zero-order valence-corrected chi connectivity index (χ0v) is 11.7. The second kappa shape index (κ2) is 5.61. The first-order valence-corrected chi connectivity index (χ1v) is 6.56. The molecule has 4 nitrogen and oxygen atoms in total. The lowest BCUT2D eigenvalue weighted by Gasteiger charge is -2.37. The van der Waals surface area contributed by atoms with Gasteiger partial charge in [-0.3, -0.25) is 4.79 Å². The van der Waals surface area contributed by atoms with Crippen LogP contribution in [0.1, 0.15) is 31.2 Å². The SMILES string of the molecule is COC(=O)C1(C)CC(c2cccc(OC)c2)CCN1. The van der Waals surface area contributed by atoms with Crippen LogP contribution in [0.5, 0.6) is 5.75 Å². The normalized spacial score (nSPS) is 26.8. The van der Waals surface area contributed by atoms with Gasteiger partial charge >= 0.3 is 5.97 Å². The Morgan fingerprint density at radius 2 is 2.21 bits per heavy atom. The van der Waals surface area contributed by atoms with Gasteiger partial charge in [0.2, 0.25) is 0 Å². The van der Waals surface area contributed by atoms with Crippen LogP contribution in [0.3, 0.4) is 0 Å². The Labute approximate surface area is 114 Å². The van der Waals surface area contributed by atoms with Crippen molar-refractivity contribution in [3.8, 4) is 5.75 Å². The predicted molar refractivity (Wildman–Crippen MR) is 73.4 cm³/mol. The third kappa shape index (κ3) is 2.89. The maximum absolute atomic E-state index is 11.9. The molecule has 1 heterocycles. The van der Waals surface area contributed by atoms with E-state index in [9.17, 15) is 4.79 Å². The van der Waals surface area contributed by atoms with Gasteiger partial charge in [0.25, 0.3) is 0 Å². The highest BCUT2D eigenvalue weighted by molar-refractivity contribution is 5.80. The van der Waals surface area contributed by atoms with E-state index in [1.165, 1.54) is 12.7 Å². The molecule has 0 spiro atoms. The smallest absolute Gasteiger partial charge is 0.325 e. The average Bonchev–Trinajstić information content (AvgIpc) is 2.46. The fourth-order valence-corrected chi connectivity index (χ4v) is 2.75. The number of carbonyl (C=O) groups excluding carboxylic acids is 1. The van der Waals surface area contributed by atoms with Crippen LogP contribution >= 0.6 is 0 Å². The van der Waals surface area contributed by atoms with Gasteiger partial charge in [-0.2, -0.15) is 0 Å². The van der Waals surface area contributed by atoms with E-state index in [4.69, 9.17) is 9.47 Å². The van der Waals surface area contributed by atoms with Gasteiger partial charge in [-0.1, -0.05) is 12.1 Å². The fraction of sp³-hybridized carbons (Fsp3) is 0.533. The highest BCUT2D eigenvalue weighted by atomic mass is 16.5. The van der Waals surface area contributed by atoms with Crippen LogP contribution in [-0.2, 0) is 9.53 Å². The van der Waals surface area contributed by atoms with Crippen LogP contribution in [0.2, 0.25) is 0 Å². The second-order valence-electron chi connectivity index (χ2n) is 5.22. The molecule has 1 aromatic carbocycles. The zero-order chi connectivity index (χ0) is 13.9. The molecule has 2 rings (SSSR count). The summed E-state index contributed by atoms with van der Waals surface area (Å²) in [5, 5.41) is 3.27. The summed E-state index contributed by atoms with van der Waals surface area (Å²) in [4.78, 5) is 11.9. The number of methoxy groups -OCH3 is 2. The molecule has 1 aliphatic rings. The van der Waals surface area contributed by atoms with Gasteiger partial charge in [-0.15, -0.1) is 0 Å². The summed E-state index contributed by atoms with van der Waals surface area (Å²) in [6, 6.07) is 8.07. The third-order valence-electron chi connectivity index (χ3n) is 3.86. The van der Waals surface area contributed by atoms with E-state index in [-0.39, 0.29) is 5.97 Å². The summed E-state index contributed by atoms with van der Waals surface area (Å²) in [6.45, 7) is 2.72. The predicted octanol–water partition coefficient (Wildman–Crippen LogP) is 2.09. The van der Waals surface area contributed by atoms with Gasteiger partial charge in [0.1, 0.15) is 11.3 Å². The minimum Gasteiger partial charge on any atom is -0.497 e. The summed E-state index contributed by atoms with van der Waals surface area (Å²) in [5.74, 6) is 1.01. The Bertz CT molecular complexity index is 460. The molecular formula is C15H21NO3. The first kappa shape index (κ1) is 13.9. The van der Waals surface area contributed by atoms with Crippen LogP contribution in [0.25, 0.3) is 0 Å². The van der Waals surface area contributed by atoms with E-state index in [2.05, 4.69) is 11.4 Å². The molecule has 2 atom stereocenters. The topological polar surface area (TPSA) is 47.6 Å². The molecule has 0 aromatic heterocycles. The number of benzene rings is 1. The summed E-state index contributed by atoms with van der Waals surface area (Å²) in [5.41, 5.74) is 0.622. The maximum atomic E-state index is 11.9. The third-order valence-corrected chi connectivity index (χ3v) is 3.86. The Balaban J connectivity index is 2.19. The lowest BCUT2D eigenvalue weighted by molar-refractivity contribution is -0.149. The second-order valence-corrected chi connectivity index (χ2v) is 5.22. The Morgan fingerprint density at radius 1 is 1.42 bits per heavy atom. The first-order valence-electron chi connectivity index (χ1n) is 6.56. The number of hydrogen-bond donors (Lipinski definition) is 1. The van der Waals surface area contributed by atoms with Crippen LogP contribution in [0.4, 0.5) is 0 Å². The minimum atomic E-state index is -0.596. The van der Waals surface area contributed by atoms with Crippen molar-refractivity contribution < 1.29 is 14.3 Å². The Morgan fingerprint density at radius 3 is 2.89 bits per heavy atom. The first-order chi connectivity index (χ1) is 9.09. The van der Waals surface area contributed by atoms with E-state index >= 15 is 0 Å². The maximum Gasteiger partial charge on any atom is 0.325 e. The van der Waals surface area contributed by atoms with E-state index in [0.717, 1.165) is 25.1 Å². The molecule has 2 unspecified atom stereocenters. The summed E-state index contributed by atoms with van der Waals surface area (Å²) < 4.78 is 10.2. The molecule has 1 fully saturated rings. The molecule has 19 heavy (non-hydrogen) atoms. The van der Waals surface area contributed by atoms with Crippen molar-refractivity contribution in [2.45, 2.75) is 31.2 Å². The Kier molecular flexibility index (Phi) is 4.10. The number of piperidine rings is 1. The van der Waals surface area contributed by atoms with Crippen LogP contribution in [-0.4, -0.2) is 32.3 Å². The van der Waals surface area contributed by atoms with Crippen molar-refractivity contribution in [1.29, 1.82) is 0 Å². The molecule has 104 valence electrons. The number of esters is 1. The quantitative estimate of drug-likeness (QED) is 0.848. The van der Waals surface area contributed by atoms with Gasteiger partial charge in [0, 0.05) is 0 Å². The zero-order valence-electron chi connectivity index (χ0n) is 11.7. The van der Waals surface area contributed by atoms with Crippen LogP contribution < -0.4 is 10.1 Å². The van der Waals surface area contributed by atoms with Crippen molar-refractivity contribution in [2.24, 2.45) is 0 Å². The van der Waals surface area contributed by atoms with Gasteiger partial charge in [0.05, 0.1) is 14.2 Å². The largest absolute Gasteiger partial charge is 0.497 e. The number of rotatable bonds is 3. The molecule has 0 aliphatic carbocycles. The van der Waals surface area contributed by atoms with Gasteiger partial charge in [-0.05, 0) is 49.9 Å². The molecule has 0 saturated carbocycles. The standard InChI is InChI=1S/C15H21NO3/c1-15(14(17)19-3)10-12(7-8-16-15)11-5-4-6-13(9-11)18-2/h4-6,9,12,16H,7-8,10H2,1-3H3. The molecule has 0 amide bonds. The molecule has 1 aliphatic heterocycles. The summed E-state index contributed by atoms with van der Waals surface area (Å²) >= 11 is 0. The molecule has 1 N–H and O–H groups in total. The lowest BCUT2D eigenvalue weighted by Crippen LogP contribution is -2.54. The van der Waals surface area contributed by atoms with Crippen molar-refractivity contribution in [3.05, 3.63) is 29.8 Å². The highest BCUT2D eigenvalue weighted by Gasteiger charge is 2.39. The van der Waals surface area contributed by atoms with E-state index < -0.39 is 5.54 Å². The molecular weight excluding hydrogens is 242 g/mol. The summed E-state index contributed by atoms with van der Waals surface area (Å²) in [6.07, 6.45) is 1.76. The monoisotopic (exact) mass is 263 g/mol. The molecule has 0 radical (unpaired) electrons. The van der Waals surface area contributed by atoms with Crippen LogP contribution in [0.15, 0.2) is 24.3 Å². The number of hydrogen-bond acceptors (Lipinski definition) is 4. The number of carbonyl (C=O) groups is 1. The van der Waals surface area contributed by atoms with Crippen molar-refractivity contribution in [2.75, 3.05) is 20.8 Å². The molecule has 0 bridgehead atoms. The molecule has 1 aromatic rings. The lowest BCUT2D eigenvalue weighted by atomic mass is 9.79. The van der Waals surface area contributed by atoms with Gasteiger partial charge in [0.15, 0.2) is 0 Å². The number of ether oxygens (including phenoxy) is 2.